The standard InChI is InChI=1S/C11H19BrN2S/c1-2-3-7-14(8-6-13)9-10-4-5-11(12)15-10/h4-5H,2-3,6-9,13H2,1H3. The van der Waals surface area contributed by atoms with Crippen LogP contribution in [0.4, 0.5) is 0 Å². The van der Waals surface area contributed by atoms with Crippen molar-refractivity contribution in [2.75, 3.05) is 19.6 Å². The predicted octanol–water partition coefficient (Wildman–Crippen LogP) is 3.07. The number of halogens is 1. The van der Waals surface area contributed by atoms with E-state index in [1.807, 2.05) is 11.3 Å². The van der Waals surface area contributed by atoms with Crippen LogP contribution in [0.3, 0.4) is 0 Å². The van der Waals surface area contributed by atoms with Crippen LogP contribution in [-0.2, 0) is 6.54 Å². The lowest BCUT2D eigenvalue weighted by Crippen LogP contribution is -2.29. The van der Waals surface area contributed by atoms with Crippen LogP contribution >= 0.6 is 27.3 Å². The molecule has 0 bridgehead atoms. The van der Waals surface area contributed by atoms with E-state index in [0.717, 1.165) is 26.2 Å². The van der Waals surface area contributed by atoms with E-state index in [1.165, 1.54) is 21.5 Å². The molecule has 0 unspecified atom stereocenters. The van der Waals surface area contributed by atoms with Gasteiger partial charge >= 0.3 is 0 Å². The predicted molar refractivity (Wildman–Crippen MR) is 71.3 cm³/mol. The van der Waals surface area contributed by atoms with Gasteiger partial charge in [0.25, 0.3) is 0 Å². The Bertz CT molecular complexity index is 275. The monoisotopic (exact) mass is 290 g/mol. The van der Waals surface area contributed by atoms with Gasteiger partial charge in [-0.1, -0.05) is 13.3 Å². The lowest BCUT2D eigenvalue weighted by Gasteiger charge is -2.20. The molecule has 1 aromatic heterocycles. The van der Waals surface area contributed by atoms with Crippen molar-refractivity contribution in [2.24, 2.45) is 5.73 Å². The smallest absolute Gasteiger partial charge is 0.0701 e. The molecule has 0 amide bonds. The van der Waals surface area contributed by atoms with E-state index in [-0.39, 0.29) is 0 Å². The van der Waals surface area contributed by atoms with E-state index in [0.29, 0.717) is 0 Å². The molecule has 2 N–H and O–H groups in total. The Hall–Kier alpha value is 0.1000. The van der Waals surface area contributed by atoms with Crippen molar-refractivity contribution in [2.45, 2.75) is 26.3 Å². The first-order valence-corrected chi connectivity index (χ1v) is 7.04. The minimum absolute atomic E-state index is 0.746. The highest BCUT2D eigenvalue weighted by molar-refractivity contribution is 9.11. The van der Waals surface area contributed by atoms with Crippen molar-refractivity contribution < 1.29 is 0 Å². The van der Waals surface area contributed by atoms with Gasteiger partial charge in [0.05, 0.1) is 3.79 Å². The average Bonchev–Trinajstić information content (AvgIpc) is 2.61. The highest BCUT2D eigenvalue weighted by Gasteiger charge is 2.06. The van der Waals surface area contributed by atoms with Gasteiger partial charge in [0.2, 0.25) is 0 Å². The van der Waals surface area contributed by atoms with E-state index in [9.17, 15) is 0 Å². The van der Waals surface area contributed by atoms with Gasteiger partial charge in [-0.25, -0.2) is 0 Å². The Morgan fingerprint density at radius 2 is 2.20 bits per heavy atom. The summed E-state index contributed by atoms with van der Waals surface area (Å²) >= 11 is 5.30. The van der Waals surface area contributed by atoms with Crippen molar-refractivity contribution in [3.8, 4) is 0 Å². The van der Waals surface area contributed by atoms with Crippen LogP contribution in [-0.4, -0.2) is 24.5 Å². The minimum atomic E-state index is 0.746. The molecule has 0 saturated carbocycles. The number of unbranched alkanes of at least 4 members (excludes halogenated alkanes) is 1. The second-order valence-electron chi connectivity index (χ2n) is 3.62. The zero-order valence-electron chi connectivity index (χ0n) is 9.21. The molecular weight excluding hydrogens is 272 g/mol. The van der Waals surface area contributed by atoms with E-state index in [4.69, 9.17) is 5.73 Å². The van der Waals surface area contributed by atoms with Gasteiger partial charge in [-0.15, -0.1) is 11.3 Å². The van der Waals surface area contributed by atoms with Crippen LogP contribution in [0.25, 0.3) is 0 Å². The summed E-state index contributed by atoms with van der Waals surface area (Å²) in [6, 6.07) is 4.30. The lowest BCUT2D eigenvalue weighted by atomic mass is 10.3. The number of thiophene rings is 1. The summed E-state index contributed by atoms with van der Waals surface area (Å²) in [5.41, 5.74) is 5.61. The van der Waals surface area contributed by atoms with Gasteiger partial charge in [-0.3, -0.25) is 4.90 Å². The van der Waals surface area contributed by atoms with Crippen molar-refractivity contribution in [1.29, 1.82) is 0 Å². The molecule has 2 nitrogen and oxygen atoms in total. The van der Waals surface area contributed by atoms with Crippen LogP contribution in [0.1, 0.15) is 24.6 Å². The Balaban J connectivity index is 2.42. The molecule has 0 saturated heterocycles. The average molecular weight is 291 g/mol. The number of hydrogen-bond donors (Lipinski definition) is 1. The van der Waals surface area contributed by atoms with Crippen LogP contribution in [0, 0.1) is 0 Å². The Morgan fingerprint density at radius 3 is 2.73 bits per heavy atom. The molecule has 86 valence electrons. The Kier molecular flexibility index (Phi) is 6.48. The summed E-state index contributed by atoms with van der Waals surface area (Å²) in [5, 5.41) is 0. The molecule has 0 spiro atoms. The van der Waals surface area contributed by atoms with E-state index >= 15 is 0 Å². The molecule has 0 aromatic carbocycles. The fraction of sp³-hybridized carbons (Fsp3) is 0.636. The van der Waals surface area contributed by atoms with Gasteiger partial charge in [-0.05, 0) is 41.0 Å². The summed E-state index contributed by atoms with van der Waals surface area (Å²) in [6.45, 7) is 6.16. The van der Waals surface area contributed by atoms with E-state index in [2.05, 4.69) is 39.9 Å². The van der Waals surface area contributed by atoms with Crippen LogP contribution in [0.15, 0.2) is 15.9 Å². The maximum Gasteiger partial charge on any atom is 0.0701 e. The van der Waals surface area contributed by atoms with Crippen LogP contribution < -0.4 is 5.73 Å². The molecule has 15 heavy (non-hydrogen) atoms. The van der Waals surface area contributed by atoms with Gasteiger partial charge in [0, 0.05) is 24.5 Å². The van der Waals surface area contributed by atoms with E-state index in [1.54, 1.807) is 0 Å². The third-order valence-electron chi connectivity index (χ3n) is 2.28. The number of nitrogens with two attached hydrogens (primary N) is 1. The number of hydrogen-bond acceptors (Lipinski definition) is 3. The third kappa shape index (κ3) is 5.11. The van der Waals surface area contributed by atoms with Gasteiger partial charge < -0.3 is 5.73 Å². The third-order valence-corrected chi connectivity index (χ3v) is 3.89. The molecule has 0 atom stereocenters. The second kappa shape index (κ2) is 7.39. The number of rotatable bonds is 7. The first-order valence-electron chi connectivity index (χ1n) is 5.43. The summed E-state index contributed by atoms with van der Waals surface area (Å²) in [6.07, 6.45) is 2.50. The van der Waals surface area contributed by atoms with Crippen molar-refractivity contribution in [3.05, 3.63) is 20.8 Å². The topological polar surface area (TPSA) is 29.3 Å². The fourth-order valence-corrected chi connectivity index (χ4v) is 3.02. The highest BCUT2D eigenvalue weighted by Crippen LogP contribution is 2.23. The summed E-state index contributed by atoms with van der Waals surface area (Å²) in [7, 11) is 0. The summed E-state index contributed by atoms with van der Waals surface area (Å²) in [4.78, 5) is 3.84. The molecule has 0 fully saturated rings. The van der Waals surface area contributed by atoms with Gasteiger partial charge in [0.1, 0.15) is 0 Å². The SMILES string of the molecule is CCCCN(CCN)Cc1ccc(Br)s1. The molecule has 1 aromatic rings. The van der Waals surface area contributed by atoms with Gasteiger partial charge in [0.15, 0.2) is 0 Å². The minimum Gasteiger partial charge on any atom is -0.329 e. The van der Waals surface area contributed by atoms with Crippen LogP contribution in [0.5, 0.6) is 0 Å². The number of nitrogens with zero attached hydrogens (tertiary/aromatic N) is 1. The molecular formula is C11H19BrN2S. The second-order valence-corrected chi connectivity index (χ2v) is 6.17. The molecule has 0 aliphatic rings. The Labute approximate surface area is 105 Å². The molecule has 1 rings (SSSR count). The summed E-state index contributed by atoms with van der Waals surface area (Å²) in [5.74, 6) is 0. The largest absolute Gasteiger partial charge is 0.329 e. The maximum absolute atomic E-state index is 5.61. The maximum atomic E-state index is 5.61. The van der Waals surface area contributed by atoms with Crippen molar-refractivity contribution in [3.63, 3.8) is 0 Å². The highest BCUT2D eigenvalue weighted by atomic mass is 79.9. The fourth-order valence-electron chi connectivity index (χ4n) is 1.49. The molecule has 0 aliphatic carbocycles. The Morgan fingerprint density at radius 1 is 1.40 bits per heavy atom. The summed E-state index contributed by atoms with van der Waals surface area (Å²) < 4.78 is 1.21. The molecule has 0 aliphatic heterocycles. The molecule has 1 heterocycles. The zero-order valence-corrected chi connectivity index (χ0v) is 11.6. The lowest BCUT2D eigenvalue weighted by molar-refractivity contribution is 0.271. The normalized spacial score (nSPS) is 11.2. The van der Waals surface area contributed by atoms with Crippen LogP contribution in [0.2, 0.25) is 0 Å². The van der Waals surface area contributed by atoms with Crippen molar-refractivity contribution in [1.82, 2.24) is 4.90 Å². The molecule has 4 heteroatoms. The van der Waals surface area contributed by atoms with Crippen molar-refractivity contribution >= 4 is 27.3 Å². The quantitative estimate of drug-likeness (QED) is 0.836. The first-order chi connectivity index (χ1) is 7.26. The zero-order chi connectivity index (χ0) is 11.1. The van der Waals surface area contributed by atoms with E-state index < -0.39 is 0 Å². The first kappa shape index (κ1) is 13.2. The molecule has 0 radical (unpaired) electrons. The van der Waals surface area contributed by atoms with Gasteiger partial charge in [-0.2, -0.15) is 0 Å².